The van der Waals surface area contributed by atoms with E-state index in [4.69, 9.17) is 16.3 Å². The predicted octanol–water partition coefficient (Wildman–Crippen LogP) is 5.27. The number of hydrogen-bond donors (Lipinski definition) is 0. The van der Waals surface area contributed by atoms with Gasteiger partial charge < -0.3 is 9.30 Å². The molecule has 1 aromatic heterocycles. The van der Waals surface area contributed by atoms with Gasteiger partial charge in [0.15, 0.2) is 5.03 Å². The SMILES string of the molecule is CCOCn1c(-c2ccc(Cl)cc2)c(C#N)c(Br)c1S(=O)(=O)c1ccccc1. The quantitative estimate of drug-likeness (QED) is 0.483. The van der Waals surface area contributed by atoms with E-state index in [0.29, 0.717) is 22.9 Å². The summed E-state index contributed by atoms with van der Waals surface area (Å²) in [7, 11) is -3.90. The molecule has 2 aromatic carbocycles. The van der Waals surface area contributed by atoms with Crippen molar-refractivity contribution >= 4 is 37.4 Å². The van der Waals surface area contributed by atoms with Crippen molar-refractivity contribution in [3.05, 3.63) is 69.7 Å². The largest absolute Gasteiger partial charge is 0.361 e. The molecular weight excluding hydrogens is 464 g/mol. The van der Waals surface area contributed by atoms with Crippen LogP contribution in [0, 0.1) is 11.3 Å². The Morgan fingerprint density at radius 1 is 1.14 bits per heavy atom. The molecule has 28 heavy (non-hydrogen) atoms. The van der Waals surface area contributed by atoms with E-state index in [1.54, 1.807) is 42.5 Å². The smallest absolute Gasteiger partial charge is 0.223 e. The number of sulfone groups is 1. The summed E-state index contributed by atoms with van der Waals surface area (Å²) in [5.74, 6) is 0. The van der Waals surface area contributed by atoms with E-state index < -0.39 is 9.84 Å². The Balaban J connectivity index is 2.34. The highest BCUT2D eigenvalue weighted by Gasteiger charge is 2.32. The fraction of sp³-hybridized carbons (Fsp3) is 0.150. The van der Waals surface area contributed by atoms with Gasteiger partial charge in [0.1, 0.15) is 12.8 Å². The molecule has 0 fully saturated rings. The van der Waals surface area contributed by atoms with E-state index in [1.807, 2.05) is 6.92 Å². The Kier molecular flexibility index (Phi) is 6.26. The summed E-state index contributed by atoms with van der Waals surface area (Å²) >= 11 is 9.33. The molecule has 1 heterocycles. The van der Waals surface area contributed by atoms with Crippen LogP contribution < -0.4 is 0 Å². The maximum Gasteiger partial charge on any atom is 0.223 e. The van der Waals surface area contributed by atoms with E-state index in [1.165, 1.54) is 16.7 Å². The number of rotatable bonds is 6. The third-order valence-corrected chi connectivity index (χ3v) is 7.23. The molecule has 0 radical (unpaired) electrons. The first-order chi connectivity index (χ1) is 13.4. The van der Waals surface area contributed by atoms with Crippen molar-refractivity contribution in [2.45, 2.75) is 23.6 Å². The van der Waals surface area contributed by atoms with E-state index in [2.05, 4.69) is 22.0 Å². The Morgan fingerprint density at radius 2 is 1.79 bits per heavy atom. The van der Waals surface area contributed by atoms with Crippen LogP contribution in [0.2, 0.25) is 5.02 Å². The minimum Gasteiger partial charge on any atom is -0.361 e. The Morgan fingerprint density at radius 3 is 2.36 bits per heavy atom. The molecule has 0 aliphatic heterocycles. The third-order valence-electron chi connectivity index (χ3n) is 4.12. The van der Waals surface area contributed by atoms with Crippen LogP contribution in [0.25, 0.3) is 11.3 Å². The van der Waals surface area contributed by atoms with Crippen LogP contribution in [0.5, 0.6) is 0 Å². The molecule has 0 unspecified atom stereocenters. The molecule has 0 aliphatic carbocycles. The number of benzene rings is 2. The molecule has 0 aliphatic rings. The minimum absolute atomic E-state index is 0.0177. The molecule has 144 valence electrons. The Hall–Kier alpha value is -2.11. The zero-order valence-corrected chi connectivity index (χ0v) is 18.1. The van der Waals surface area contributed by atoms with Crippen molar-refractivity contribution in [1.29, 1.82) is 5.26 Å². The first-order valence-corrected chi connectivity index (χ1v) is 11.0. The summed E-state index contributed by atoms with van der Waals surface area (Å²) in [6.45, 7) is 2.19. The molecule has 0 saturated carbocycles. The second-order valence-corrected chi connectivity index (χ2v) is 8.92. The molecule has 3 aromatic rings. The molecule has 0 atom stereocenters. The highest BCUT2D eigenvalue weighted by atomic mass is 79.9. The summed E-state index contributed by atoms with van der Waals surface area (Å²) in [6.07, 6.45) is 0. The van der Waals surface area contributed by atoms with Crippen LogP contribution >= 0.6 is 27.5 Å². The van der Waals surface area contributed by atoms with Crippen molar-refractivity contribution in [3.8, 4) is 17.3 Å². The average molecular weight is 480 g/mol. The summed E-state index contributed by atoms with van der Waals surface area (Å²) in [6, 6.07) is 17.1. The second-order valence-electron chi connectivity index (χ2n) is 5.83. The van der Waals surface area contributed by atoms with Crippen molar-refractivity contribution in [2.24, 2.45) is 0 Å². The average Bonchev–Trinajstić information content (AvgIpc) is 2.99. The Bertz CT molecular complexity index is 1130. The summed E-state index contributed by atoms with van der Waals surface area (Å²) < 4.78 is 34.0. The van der Waals surface area contributed by atoms with E-state index in [-0.39, 0.29) is 26.7 Å². The normalized spacial score (nSPS) is 11.4. The van der Waals surface area contributed by atoms with Gasteiger partial charge in [0.25, 0.3) is 0 Å². The molecule has 0 amide bonds. The van der Waals surface area contributed by atoms with Crippen molar-refractivity contribution in [3.63, 3.8) is 0 Å². The van der Waals surface area contributed by atoms with E-state index >= 15 is 0 Å². The topological polar surface area (TPSA) is 72.1 Å². The highest BCUT2D eigenvalue weighted by Crippen LogP contribution is 2.40. The van der Waals surface area contributed by atoms with Gasteiger partial charge in [-0.1, -0.05) is 41.9 Å². The predicted molar refractivity (Wildman–Crippen MR) is 111 cm³/mol. The maximum atomic E-state index is 13.4. The van der Waals surface area contributed by atoms with Gasteiger partial charge in [0.05, 0.1) is 20.6 Å². The fourth-order valence-electron chi connectivity index (χ4n) is 2.86. The van der Waals surface area contributed by atoms with Crippen LogP contribution in [0.4, 0.5) is 0 Å². The monoisotopic (exact) mass is 478 g/mol. The van der Waals surface area contributed by atoms with Crippen LogP contribution in [0.1, 0.15) is 12.5 Å². The Labute approximate surface area is 177 Å². The van der Waals surface area contributed by atoms with Gasteiger partial charge >= 0.3 is 0 Å². The van der Waals surface area contributed by atoms with Gasteiger partial charge in [-0.2, -0.15) is 5.26 Å². The number of nitrogens with zero attached hydrogens (tertiary/aromatic N) is 2. The number of hydrogen-bond acceptors (Lipinski definition) is 4. The molecule has 0 saturated heterocycles. The van der Waals surface area contributed by atoms with Gasteiger partial charge in [-0.05, 0) is 52.7 Å². The molecule has 3 rings (SSSR count). The maximum absolute atomic E-state index is 13.4. The van der Waals surface area contributed by atoms with Crippen molar-refractivity contribution in [2.75, 3.05) is 6.61 Å². The van der Waals surface area contributed by atoms with Crippen molar-refractivity contribution in [1.82, 2.24) is 4.57 Å². The van der Waals surface area contributed by atoms with Gasteiger partial charge in [-0.3, -0.25) is 0 Å². The lowest BCUT2D eigenvalue weighted by Gasteiger charge is -2.14. The summed E-state index contributed by atoms with van der Waals surface area (Å²) in [5, 5.41) is 10.3. The lowest BCUT2D eigenvalue weighted by atomic mass is 10.1. The van der Waals surface area contributed by atoms with Crippen LogP contribution in [0.3, 0.4) is 0 Å². The lowest BCUT2D eigenvalue weighted by molar-refractivity contribution is 0.0834. The third kappa shape index (κ3) is 3.74. The minimum atomic E-state index is -3.90. The first-order valence-electron chi connectivity index (χ1n) is 8.37. The summed E-state index contributed by atoms with van der Waals surface area (Å²) in [4.78, 5) is 0.137. The molecule has 5 nitrogen and oxygen atoms in total. The van der Waals surface area contributed by atoms with E-state index in [0.717, 1.165) is 0 Å². The molecule has 0 N–H and O–H groups in total. The molecule has 0 bridgehead atoms. The van der Waals surface area contributed by atoms with E-state index in [9.17, 15) is 13.7 Å². The molecular formula is C20H16BrClN2O3S. The lowest BCUT2D eigenvalue weighted by Crippen LogP contribution is -2.13. The van der Waals surface area contributed by atoms with Gasteiger partial charge in [-0.15, -0.1) is 0 Å². The molecule has 8 heteroatoms. The number of ether oxygens (including phenoxy) is 1. The van der Waals surface area contributed by atoms with Gasteiger partial charge in [0.2, 0.25) is 9.84 Å². The van der Waals surface area contributed by atoms with Crippen LogP contribution in [-0.4, -0.2) is 19.6 Å². The second kappa shape index (κ2) is 8.50. The number of aromatic nitrogens is 1. The highest BCUT2D eigenvalue weighted by molar-refractivity contribution is 9.10. The standard InChI is InChI=1S/C20H16BrClN2O3S/c1-2-27-13-24-19(14-8-10-15(22)11-9-14)17(12-23)18(21)20(24)28(25,26)16-6-4-3-5-7-16/h3-11H,2,13H2,1H3. The van der Waals surface area contributed by atoms with Gasteiger partial charge in [-0.25, -0.2) is 8.42 Å². The zero-order valence-electron chi connectivity index (χ0n) is 14.9. The van der Waals surface area contributed by atoms with Gasteiger partial charge in [0, 0.05) is 11.6 Å². The zero-order chi connectivity index (χ0) is 20.3. The fourth-order valence-corrected chi connectivity index (χ4v) is 5.62. The number of nitriles is 1. The van der Waals surface area contributed by atoms with Crippen LogP contribution in [0.15, 0.2) is 69.0 Å². The van der Waals surface area contributed by atoms with Crippen LogP contribution in [-0.2, 0) is 21.3 Å². The molecule has 0 spiro atoms. The number of halogens is 2. The summed E-state index contributed by atoms with van der Waals surface area (Å²) in [5.41, 5.74) is 1.33. The first kappa shape index (κ1) is 20.6. The van der Waals surface area contributed by atoms with Crippen molar-refractivity contribution < 1.29 is 13.2 Å².